The number of hydrogen-bond acceptors (Lipinski definition) is 6. The van der Waals surface area contributed by atoms with Crippen LogP contribution in [0, 0.1) is 13.8 Å². The second kappa shape index (κ2) is 7.28. The summed E-state index contributed by atoms with van der Waals surface area (Å²) in [4.78, 5) is 23.4. The molecule has 0 saturated carbocycles. The summed E-state index contributed by atoms with van der Waals surface area (Å²) in [6.45, 7) is 8.14. The molecule has 0 aliphatic carbocycles. The van der Waals surface area contributed by atoms with Gasteiger partial charge in [0, 0.05) is 25.0 Å². The Kier molecular flexibility index (Phi) is 5.17. The van der Waals surface area contributed by atoms with Gasteiger partial charge in [0.1, 0.15) is 28.6 Å². The Balaban J connectivity index is 2.37. The third-order valence-electron chi connectivity index (χ3n) is 4.73. The molecule has 0 spiro atoms. The Hall–Kier alpha value is -2.86. The monoisotopic (exact) mass is 384 g/mol. The van der Waals surface area contributed by atoms with Crippen LogP contribution in [0.25, 0.3) is 0 Å². The van der Waals surface area contributed by atoms with Gasteiger partial charge in [-0.25, -0.2) is 0 Å². The van der Waals surface area contributed by atoms with Gasteiger partial charge in [0.2, 0.25) is 0 Å². The largest absolute Gasteiger partial charge is 0.457 e. The second-order valence-corrected chi connectivity index (χ2v) is 7.13. The second-order valence-electron chi connectivity index (χ2n) is 7.13. The van der Waals surface area contributed by atoms with Crippen molar-refractivity contribution >= 4 is 11.9 Å². The van der Waals surface area contributed by atoms with Crippen LogP contribution in [0.1, 0.15) is 55.9 Å². The molecule has 6 nitrogen and oxygen atoms in total. The minimum absolute atomic E-state index is 0.287. The molecule has 1 heterocycles. The van der Waals surface area contributed by atoms with Crippen LogP contribution in [0.2, 0.25) is 0 Å². The van der Waals surface area contributed by atoms with Gasteiger partial charge >= 0.3 is 11.9 Å². The van der Waals surface area contributed by atoms with E-state index in [-0.39, 0.29) is 11.5 Å². The van der Waals surface area contributed by atoms with Crippen LogP contribution in [0.4, 0.5) is 0 Å². The van der Waals surface area contributed by atoms with E-state index in [2.05, 4.69) is 0 Å². The SMILES string of the molecule is CCCC1(O)c2cc(cc(C)c2OC(C)=O)Oc2cc(C)c(OC(C)=O)c1c2. The quantitative estimate of drug-likeness (QED) is 0.625. The van der Waals surface area contributed by atoms with Crippen LogP contribution in [-0.2, 0) is 15.2 Å². The number of hydrogen-bond donors (Lipinski definition) is 1. The predicted octanol–water partition coefficient (Wildman–Crippen LogP) is 4.30. The normalized spacial score (nSPS) is 13.8. The average molecular weight is 384 g/mol. The van der Waals surface area contributed by atoms with E-state index in [1.165, 1.54) is 13.8 Å². The number of ether oxygens (including phenoxy) is 3. The third kappa shape index (κ3) is 3.47. The standard InChI is InChI=1S/C22H24O6/c1-6-7-22(25)18-10-16(8-12(2)20(18)26-14(4)23)28-17-9-13(3)21(19(22)11-17)27-15(5)24/h8-11,25H,6-7H2,1-5H3. The molecule has 0 amide bonds. The fourth-order valence-corrected chi connectivity index (χ4v) is 3.68. The highest BCUT2D eigenvalue weighted by Gasteiger charge is 2.40. The maximum Gasteiger partial charge on any atom is 0.308 e. The molecule has 4 bridgehead atoms. The molecule has 148 valence electrons. The smallest absolute Gasteiger partial charge is 0.308 e. The van der Waals surface area contributed by atoms with E-state index in [1.54, 1.807) is 38.1 Å². The predicted molar refractivity (Wildman–Crippen MR) is 103 cm³/mol. The molecule has 3 rings (SSSR count). The summed E-state index contributed by atoms with van der Waals surface area (Å²) in [5.74, 6) is 0.661. The molecule has 1 N–H and O–H groups in total. The van der Waals surface area contributed by atoms with Crippen LogP contribution >= 0.6 is 0 Å². The first-order chi connectivity index (χ1) is 13.2. The Morgan fingerprint density at radius 2 is 1.36 bits per heavy atom. The molecule has 6 heteroatoms. The van der Waals surface area contributed by atoms with Crippen molar-refractivity contribution in [3.63, 3.8) is 0 Å². The highest BCUT2D eigenvalue weighted by Crippen LogP contribution is 2.49. The lowest BCUT2D eigenvalue weighted by atomic mass is 9.79. The summed E-state index contributed by atoms with van der Waals surface area (Å²) in [6, 6.07) is 6.87. The number of rotatable bonds is 4. The summed E-state index contributed by atoms with van der Waals surface area (Å²) in [6.07, 6.45) is 0.976. The number of benzene rings is 2. The minimum atomic E-state index is -1.53. The van der Waals surface area contributed by atoms with Crippen molar-refractivity contribution in [3.8, 4) is 23.0 Å². The third-order valence-corrected chi connectivity index (χ3v) is 4.73. The van der Waals surface area contributed by atoms with Crippen LogP contribution in [0.3, 0.4) is 0 Å². The van der Waals surface area contributed by atoms with Crippen LogP contribution in [0.5, 0.6) is 23.0 Å². The summed E-state index contributed by atoms with van der Waals surface area (Å²) in [7, 11) is 0. The van der Waals surface area contributed by atoms with Crippen molar-refractivity contribution in [1.82, 2.24) is 0 Å². The molecule has 0 saturated heterocycles. The van der Waals surface area contributed by atoms with Gasteiger partial charge in [-0.3, -0.25) is 9.59 Å². The fraction of sp³-hybridized carbons (Fsp3) is 0.364. The van der Waals surface area contributed by atoms with Crippen LogP contribution in [0.15, 0.2) is 24.3 Å². The van der Waals surface area contributed by atoms with E-state index >= 15 is 0 Å². The van der Waals surface area contributed by atoms with Crippen molar-refractivity contribution in [1.29, 1.82) is 0 Å². The lowest BCUT2D eigenvalue weighted by Gasteiger charge is -2.34. The van der Waals surface area contributed by atoms with E-state index in [4.69, 9.17) is 14.2 Å². The highest BCUT2D eigenvalue weighted by atomic mass is 16.5. The molecule has 0 radical (unpaired) electrons. The highest BCUT2D eigenvalue weighted by molar-refractivity contribution is 5.73. The van der Waals surface area contributed by atoms with E-state index in [0.717, 1.165) is 0 Å². The molecular weight excluding hydrogens is 360 g/mol. The van der Waals surface area contributed by atoms with Crippen molar-refractivity contribution in [2.45, 2.75) is 53.1 Å². The Bertz CT molecular complexity index is 888. The van der Waals surface area contributed by atoms with Gasteiger partial charge in [0.05, 0.1) is 0 Å². The number of aryl methyl sites for hydroxylation is 2. The summed E-state index contributed by atoms with van der Waals surface area (Å²) >= 11 is 0. The number of esters is 2. The molecule has 0 aromatic heterocycles. The van der Waals surface area contributed by atoms with Gasteiger partial charge in [-0.1, -0.05) is 13.3 Å². The van der Waals surface area contributed by atoms with Crippen molar-refractivity contribution in [3.05, 3.63) is 46.5 Å². The van der Waals surface area contributed by atoms with Gasteiger partial charge in [0.15, 0.2) is 0 Å². The van der Waals surface area contributed by atoms with E-state index in [0.29, 0.717) is 46.6 Å². The molecule has 0 unspecified atom stereocenters. The molecule has 2 aromatic rings. The van der Waals surface area contributed by atoms with Gasteiger partial charge in [-0.2, -0.15) is 0 Å². The zero-order chi connectivity index (χ0) is 20.6. The Labute approximate surface area is 164 Å². The topological polar surface area (TPSA) is 82.1 Å². The zero-order valence-electron chi connectivity index (χ0n) is 16.7. The maximum atomic E-state index is 11.9. The van der Waals surface area contributed by atoms with E-state index in [9.17, 15) is 14.7 Å². The first-order valence-corrected chi connectivity index (χ1v) is 9.23. The average Bonchev–Trinajstić information content (AvgIpc) is 2.57. The molecule has 1 aliphatic heterocycles. The van der Waals surface area contributed by atoms with Crippen molar-refractivity contribution < 1.29 is 28.9 Å². The maximum absolute atomic E-state index is 11.9. The Morgan fingerprint density at radius 3 is 1.71 bits per heavy atom. The molecule has 28 heavy (non-hydrogen) atoms. The molecule has 0 fully saturated rings. The van der Waals surface area contributed by atoms with Crippen molar-refractivity contribution in [2.75, 3.05) is 0 Å². The summed E-state index contributed by atoms with van der Waals surface area (Å²) in [5, 5.41) is 11.9. The summed E-state index contributed by atoms with van der Waals surface area (Å²) in [5.41, 5.74) is 0.602. The molecular formula is C22H24O6. The summed E-state index contributed by atoms with van der Waals surface area (Å²) < 4.78 is 16.9. The first-order valence-electron chi connectivity index (χ1n) is 9.23. The molecule has 2 aromatic carbocycles. The van der Waals surface area contributed by atoms with Gasteiger partial charge < -0.3 is 19.3 Å². The Morgan fingerprint density at radius 1 is 0.929 bits per heavy atom. The van der Waals surface area contributed by atoms with E-state index in [1.807, 2.05) is 6.92 Å². The zero-order valence-corrected chi connectivity index (χ0v) is 16.7. The minimum Gasteiger partial charge on any atom is -0.457 e. The number of carbonyl (C=O) groups is 2. The lowest BCUT2D eigenvalue weighted by Crippen LogP contribution is -2.30. The molecule has 0 atom stereocenters. The number of aliphatic hydroxyl groups is 1. The van der Waals surface area contributed by atoms with Gasteiger partial charge in [-0.15, -0.1) is 0 Å². The number of fused-ring (bicyclic) bond motifs is 4. The number of carbonyl (C=O) groups excluding carboxylic acids is 2. The lowest BCUT2D eigenvalue weighted by molar-refractivity contribution is -0.132. The van der Waals surface area contributed by atoms with Gasteiger partial charge in [0.25, 0.3) is 0 Å². The van der Waals surface area contributed by atoms with E-state index < -0.39 is 17.5 Å². The van der Waals surface area contributed by atoms with Crippen LogP contribution in [-0.4, -0.2) is 17.0 Å². The first kappa shape index (κ1) is 19.9. The fourth-order valence-electron chi connectivity index (χ4n) is 3.68. The van der Waals surface area contributed by atoms with Crippen molar-refractivity contribution in [2.24, 2.45) is 0 Å². The van der Waals surface area contributed by atoms with Gasteiger partial charge in [-0.05, 0) is 55.7 Å². The molecule has 1 aliphatic rings. The van der Waals surface area contributed by atoms with Crippen LogP contribution < -0.4 is 14.2 Å².